The molecule has 0 saturated heterocycles. The quantitative estimate of drug-likeness (QED) is 0.853. The molecule has 2 N–H and O–H groups in total. The monoisotopic (exact) mass is 327 g/mol. The van der Waals surface area contributed by atoms with E-state index in [1.807, 2.05) is 18.2 Å². The van der Waals surface area contributed by atoms with E-state index in [1.165, 1.54) is 11.1 Å². The Kier molecular flexibility index (Phi) is 5.38. The van der Waals surface area contributed by atoms with Crippen molar-refractivity contribution < 1.29 is 14.6 Å². The lowest BCUT2D eigenvalue weighted by molar-refractivity contribution is 0.171. The maximum absolute atomic E-state index is 9.13. The maximum Gasteiger partial charge on any atom is 0.161 e. The second-order valence-electron chi connectivity index (χ2n) is 6.48. The smallest absolute Gasteiger partial charge is 0.161 e. The summed E-state index contributed by atoms with van der Waals surface area (Å²) in [6.07, 6.45) is 0. The molecule has 3 rings (SSSR count). The van der Waals surface area contributed by atoms with E-state index in [9.17, 15) is 0 Å². The molecule has 0 fully saturated rings. The third kappa shape index (κ3) is 3.89. The minimum absolute atomic E-state index is 0.0829. The summed E-state index contributed by atoms with van der Waals surface area (Å²) < 4.78 is 11.3. The zero-order chi connectivity index (χ0) is 16.9. The van der Waals surface area contributed by atoms with E-state index in [4.69, 9.17) is 14.6 Å². The van der Waals surface area contributed by atoms with Crippen molar-refractivity contribution in [1.82, 2.24) is 5.32 Å². The van der Waals surface area contributed by atoms with E-state index in [0.29, 0.717) is 19.1 Å². The SMILES string of the molecule is CC(C)C(NCc1ccc(CO)cc1)c1ccc2c(c1)OCCO2. The molecule has 1 aliphatic rings. The summed E-state index contributed by atoms with van der Waals surface area (Å²) >= 11 is 0. The molecule has 24 heavy (non-hydrogen) atoms. The van der Waals surface area contributed by atoms with Crippen molar-refractivity contribution >= 4 is 0 Å². The van der Waals surface area contributed by atoms with Crippen LogP contribution in [0.15, 0.2) is 42.5 Å². The molecule has 0 radical (unpaired) electrons. The summed E-state index contributed by atoms with van der Waals surface area (Å²) in [4.78, 5) is 0. The highest BCUT2D eigenvalue weighted by molar-refractivity contribution is 5.44. The van der Waals surface area contributed by atoms with Gasteiger partial charge in [-0.3, -0.25) is 0 Å². The Labute approximate surface area is 143 Å². The van der Waals surface area contributed by atoms with Crippen LogP contribution in [-0.2, 0) is 13.2 Å². The molecule has 1 aliphatic heterocycles. The molecule has 0 aliphatic carbocycles. The van der Waals surface area contributed by atoms with E-state index in [2.05, 4.69) is 43.4 Å². The number of ether oxygens (including phenoxy) is 2. The molecule has 0 saturated carbocycles. The minimum Gasteiger partial charge on any atom is -0.486 e. The van der Waals surface area contributed by atoms with Crippen LogP contribution in [0.3, 0.4) is 0 Å². The zero-order valence-corrected chi connectivity index (χ0v) is 14.3. The summed E-state index contributed by atoms with van der Waals surface area (Å²) in [6.45, 7) is 6.50. The largest absolute Gasteiger partial charge is 0.486 e. The van der Waals surface area contributed by atoms with Crippen molar-refractivity contribution in [3.8, 4) is 11.5 Å². The van der Waals surface area contributed by atoms with Crippen LogP contribution in [0.25, 0.3) is 0 Å². The van der Waals surface area contributed by atoms with Gasteiger partial charge in [0.2, 0.25) is 0 Å². The normalized spacial score (nSPS) is 14.7. The lowest BCUT2D eigenvalue weighted by Crippen LogP contribution is -2.25. The summed E-state index contributed by atoms with van der Waals surface area (Å²) in [5, 5.41) is 12.8. The highest BCUT2D eigenvalue weighted by Crippen LogP contribution is 2.34. The van der Waals surface area contributed by atoms with Crippen LogP contribution < -0.4 is 14.8 Å². The molecule has 4 heteroatoms. The summed E-state index contributed by atoms with van der Waals surface area (Å²) in [7, 11) is 0. The van der Waals surface area contributed by atoms with Gasteiger partial charge in [-0.15, -0.1) is 0 Å². The van der Waals surface area contributed by atoms with E-state index >= 15 is 0 Å². The van der Waals surface area contributed by atoms with Crippen LogP contribution in [0.4, 0.5) is 0 Å². The molecule has 0 bridgehead atoms. The van der Waals surface area contributed by atoms with Gasteiger partial charge in [0.15, 0.2) is 11.5 Å². The first kappa shape index (κ1) is 16.8. The van der Waals surface area contributed by atoms with Gasteiger partial charge in [0.1, 0.15) is 13.2 Å². The summed E-state index contributed by atoms with van der Waals surface area (Å²) in [5.74, 6) is 2.11. The first-order valence-corrected chi connectivity index (χ1v) is 8.49. The second-order valence-corrected chi connectivity index (χ2v) is 6.48. The number of nitrogens with one attached hydrogen (secondary N) is 1. The predicted octanol–water partition coefficient (Wildman–Crippen LogP) is 3.44. The highest BCUT2D eigenvalue weighted by Gasteiger charge is 2.19. The number of rotatable bonds is 6. The molecule has 1 atom stereocenters. The van der Waals surface area contributed by atoms with Gasteiger partial charge in [-0.25, -0.2) is 0 Å². The topological polar surface area (TPSA) is 50.7 Å². The fraction of sp³-hybridized carbons (Fsp3) is 0.400. The first-order valence-electron chi connectivity index (χ1n) is 8.49. The van der Waals surface area contributed by atoms with Crippen LogP contribution in [0.5, 0.6) is 11.5 Å². The number of aliphatic hydroxyl groups is 1. The molecular weight excluding hydrogens is 302 g/mol. The Bertz CT molecular complexity index is 667. The summed E-state index contributed by atoms with van der Waals surface area (Å²) in [6, 6.07) is 14.5. The Morgan fingerprint density at radius 3 is 2.29 bits per heavy atom. The van der Waals surface area contributed by atoms with Crippen molar-refractivity contribution in [3.05, 3.63) is 59.2 Å². The van der Waals surface area contributed by atoms with E-state index in [0.717, 1.165) is 23.6 Å². The molecule has 128 valence electrons. The van der Waals surface area contributed by atoms with Gasteiger partial charge in [-0.2, -0.15) is 0 Å². The van der Waals surface area contributed by atoms with E-state index in [1.54, 1.807) is 0 Å². The number of fused-ring (bicyclic) bond motifs is 1. The van der Waals surface area contributed by atoms with Crippen molar-refractivity contribution in [1.29, 1.82) is 0 Å². The average Bonchev–Trinajstić information content (AvgIpc) is 2.62. The molecule has 1 unspecified atom stereocenters. The molecule has 0 amide bonds. The molecule has 2 aromatic rings. The molecule has 0 spiro atoms. The third-order valence-corrected chi connectivity index (χ3v) is 4.32. The van der Waals surface area contributed by atoms with Crippen LogP contribution in [-0.4, -0.2) is 18.3 Å². The van der Waals surface area contributed by atoms with Gasteiger partial charge in [0, 0.05) is 12.6 Å². The Hall–Kier alpha value is -2.04. The van der Waals surface area contributed by atoms with Crippen LogP contribution in [0.1, 0.15) is 36.6 Å². The van der Waals surface area contributed by atoms with Crippen molar-refractivity contribution in [2.75, 3.05) is 13.2 Å². The van der Waals surface area contributed by atoms with Crippen LogP contribution in [0, 0.1) is 5.92 Å². The first-order chi connectivity index (χ1) is 11.7. The number of hydrogen-bond donors (Lipinski definition) is 2. The van der Waals surface area contributed by atoms with Crippen molar-refractivity contribution in [2.45, 2.75) is 33.0 Å². The number of benzene rings is 2. The highest BCUT2D eigenvalue weighted by atomic mass is 16.6. The van der Waals surface area contributed by atoms with Gasteiger partial charge in [-0.05, 0) is 34.7 Å². The Morgan fingerprint density at radius 1 is 0.958 bits per heavy atom. The van der Waals surface area contributed by atoms with Crippen molar-refractivity contribution in [3.63, 3.8) is 0 Å². The minimum atomic E-state index is 0.0829. The molecule has 1 heterocycles. The fourth-order valence-electron chi connectivity index (χ4n) is 2.98. The van der Waals surface area contributed by atoms with Gasteiger partial charge in [-0.1, -0.05) is 44.2 Å². The fourth-order valence-corrected chi connectivity index (χ4v) is 2.98. The van der Waals surface area contributed by atoms with Gasteiger partial charge in [0.25, 0.3) is 0 Å². The van der Waals surface area contributed by atoms with Gasteiger partial charge >= 0.3 is 0 Å². The standard InChI is InChI=1S/C20H25NO3/c1-14(2)20(21-12-15-3-5-16(13-22)6-4-15)17-7-8-18-19(11-17)24-10-9-23-18/h3-8,11,14,20-22H,9-10,12-13H2,1-2H3. The van der Waals surface area contributed by atoms with E-state index < -0.39 is 0 Å². The van der Waals surface area contributed by atoms with Gasteiger partial charge in [0.05, 0.1) is 6.61 Å². The summed E-state index contributed by atoms with van der Waals surface area (Å²) in [5.41, 5.74) is 3.35. The lowest BCUT2D eigenvalue weighted by Gasteiger charge is -2.25. The van der Waals surface area contributed by atoms with Gasteiger partial charge < -0.3 is 19.9 Å². The Morgan fingerprint density at radius 2 is 1.62 bits per heavy atom. The van der Waals surface area contributed by atoms with Crippen LogP contribution >= 0.6 is 0 Å². The lowest BCUT2D eigenvalue weighted by atomic mass is 9.95. The Balaban J connectivity index is 1.72. The second kappa shape index (κ2) is 7.69. The van der Waals surface area contributed by atoms with Crippen molar-refractivity contribution in [2.24, 2.45) is 5.92 Å². The third-order valence-electron chi connectivity index (χ3n) is 4.32. The number of aliphatic hydroxyl groups excluding tert-OH is 1. The molecule has 4 nitrogen and oxygen atoms in total. The molecular formula is C20H25NO3. The molecule has 2 aromatic carbocycles. The van der Waals surface area contributed by atoms with E-state index in [-0.39, 0.29) is 12.6 Å². The number of hydrogen-bond acceptors (Lipinski definition) is 4. The predicted molar refractivity (Wildman–Crippen MR) is 94.2 cm³/mol. The van der Waals surface area contributed by atoms with Crippen LogP contribution in [0.2, 0.25) is 0 Å². The molecule has 0 aromatic heterocycles. The average molecular weight is 327 g/mol. The maximum atomic E-state index is 9.13. The zero-order valence-electron chi connectivity index (χ0n) is 14.3.